The second kappa shape index (κ2) is 12.4. The van der Waals surface area contributed by atoms with Crippen LogP contribution in [0.3, 0.4) is 0 Å². The Morgan fingerprint density at radius 1 is 0.704 bits per heavy atom. The Balaban J connectivity index is 0. The Morgan fingerprint density at radius 2 is 1.22 bits per heavy atom. The maximum atomic E-state index is 9.94. The predicted molar refractivity (Wildman–Crippen MR) is 90.0 cm³/mol. The van der Waals surface area contributed by atoms with E-state index in [2.05, 4.69) is 5.32 Å². The summed E-state index contributed by atoms with van der Waals surface area (Å²) in [6.45, 7) is -1.39. The third kappa shape index (κ3) is 6.12. The molecule has 0 bridgehead atoms. The number of ether oxygens (including phenoxy) is 2. The van der Waals surface area contributed by atoms with Crippen molar-refractivity contribution in [2.24, 2.45) is 0 Å². The Labute approximate surface area is 160 Å². The Kier molecular flexibility index (Phi) is 13.3. The van der Waals surface area contributed by atoms with Crippen molar-refractivity contribution < 1.29 is 61.3 Å². The summed E-state index contributed by atoms with van der Waals surface area (Å²) in [6.07, 6.45) is -11.5. The van der Waals surface area contributed by atoms with Crippen LogP contribution in [0.2, 0.25) is 0 Å². The van der Waals surface area contributed by atoms with Crippen LogP contribution in [0.4, 0.5) is 0 Å². The van der Waals surface area contributed by atoms with Gasteiger partial charge in [-0.1, -0.05) is 0 Å². The van der Waals surface area contributed by atoms with Crippen molar-refractivity contribution in [3.8, 4) is 0 Å². The largest absolute Gasteiger partial charge is 0.412 e. The first-order valence-corrected chi connectivity index (χ1v) is 7.65. The van der Waals surface area contributed by atoms with Crippen molar-refractivity contribution in [1.29, 1.82) is 0 Å². The zero-order valence-corrected chi connectivity index (χ0v) is 15.0. The fraction of sp³-hybridized carbons (Fsp3) is 1.00. The summed E-state index contributed by atoms with van der Waals surface area (Å²) in [5.74, 6) is 0. The van der Waals surface area contributed by atoms with E-state index in [4.69, 9.17) is 19.7 Å². The third-order valence-corrected chi connectivity index (χ3v) is 4.44. The van der Waals surface area contributed by atoms with Gasteiger partial charge in [-0.25, -0.2) is 0 Å². The normalized spacial score (nSPS) is 44.4. The van der Waals surface area contributed by atoms with Crippen molar-refractivity contribution in [1.82, 2.24) is 5.32 Å². The molecule has 10 atom stereocenters. The van der Waals surface area contributed by atoms with Crippen LogP contribution in [0.15, 0.2) is 0 Å². The lowest BCUT2D eigenvalue weighted by Gasteiger charge is -2.43. The number of nitrogens with one attached hydrogen (secondary N) is 1. The van der Waals surface area contributed by atoms with Gasteiger partial charge in [-0.05, 0) is 0 Å². The number of aliphatic hydroxyl groups excluding tert-OH is 8. The van der Waals surface area contributed by atoms with Crippen molar-refractivity contribution >= 4 is 12.4 Å². The molecule has 0 saturated carbocycles. The number of aliphatic hydroxyl groups is 8. The molecule has 0 aromatic rings. The maximum Gasteiger partial charge on any atom is 0.186 e. The second-order valence-electron chi connectivity index (χ2n) is 6.06. The molecule has 2 aliphatic rings. The van der Waals surface area contributed by atoms with E-state index in [1.807, 2.05) is 0 Å². The molecule has 27 heavy (non-hydrogen) atoms. The van der Waals surface area contributed by atoms with Crippen LogP contribution < -0.4 is 5.32 Å². The number of piperidine rings is 1. The van der Waals surface area contributed by atoms with Crippen molar-refractivity contribution in [2.45, 2.75) is 61.1 Å². The van der Waals surface area contributed by atoms with Gasteiger partial charge >= 0.3 is 0 Å². The SMILES string of the molecule is Cl.O.O.OC[C@H]1N[C@H](CO[C@H]2O[C@H](CO)[C@@H](O)[C@H](O)[C@H]2O)[C@H](O)[C@@H](O)[C@@H]1O. The van der Waals surface area contributed by atoms with Crippen molar-refractivity contribution in [3.63, 3.8) is 0 Å². The van der Waals surface area contributed by atoms with E-state index < -0.39 is 74.3 Å². The van der Waals surface area contributed by atoms with E-state index >= 15 is 0 Å². The average Bonchev–Trinajstić information content (AvgIpc) is 2.58. The molecule has 2 heterocycles. The standard InChI is InChI=1S/C13H25NO10.ClH.2H2O/c15-1-4-7(17)10(20)8(18)5(14-4)3-23-13-12(22)11(21)9(19)6(2-16)24-13;;;/h4-22H,1-3H2;1H;2*1H2/t4-,5-,6-,7-,8+,9-,10+,11+,12-,13+;;;/m1.../s1. The van der Waals surface area contributed by atoms with E-state index in [-0.39, 0.29) is 30.0 Å². The second-order valence-corrected chi connectivity index (χ2v) is 6.06. The molecule has 0 radical (unpaired) electrons. The number of hydrogen-bond donors (Lipinski definition) is 9. The van der Waals surface area contributed by atoms with Gasteiger partial charge in [-0.2, -0.15) is 0 Å². The van der Waals surface area contributed by atoms with E-state index in [1.54, 1.807) is 0 Å². The van der Waals surface area contributed by atoms with Crippen LogP contribution in [0.1, 0.15) is 0 Å². The smallest absolute Gasteiger partial charge is 0.186 e. The van der Waals surface area contributed by atoms with Crippen LogP contribution in [-0.4, -0.2) is 133 Å². The highest BCUT2D eigenvalue weighted by molar-refractivity contribution is 5.85. The molecular formula is C13H30ClNO12. The Hall–Kier alpha value is -0.230. The topological polar surface area (TPSA) is 255 Å². The zero-order chi connectivity index (χ0) is 18.0. The molecule has 13 N–H and O–H groups in total. The van der Waals surface area contributed by atoms with Gasteiger partial charge in [-0.15, -0.1) is 12.4 Å². The number of halogens is 1. The first-order valence-electron chi connectivity index (χ1n) is 7.65. The quantitative estimate of drug-likeness (QED) is 0.199. The number of rotatable bonds is 5. The van der Waals surface area contributed by atoms with Crippen LogP contribution >= 0.6 is 12.4 Å². The minimum Gasteiger partial charge on any atom is -0.412 e. The fourth-order valence-corrected chi connectivity index (χ4v) is 2.86. The molecule has 13 nitrogen and oxygen atoms in total. The highest BCUT2D eigenvalue weighted by Crippen LogP contribution is 2.23. The van der Waals surface area contributed by atoms with Crippen molar-refractivity contribution in [2.75, 3.05) is 19.8 Å². The minimum absolute atomic E-state index is 0. The van der Waals surface area contributed by atoms with E-state index in [0.29, 0.717) is 0 Å². The lowest BCUT2D eigenvalue weighted by Crippen LogP contribution is -2.67. The summed E-state index contributed by atoms with van der Waals surface area (Å²) < 4.78 is 10.4. The molecule has 14 heteroatoms. The average molecular weight is 428 g/mol. The van der Waals surface area contributed by atoms with Crippen LogP contribution in [0, 0.1) is 0 Å². The molecule has 0 aliphatic carbocycles. The molecule has 0 amide bonds. The van der Waals surface area contributed by atoms with Gasteiger partial charge < -0.3 is 66.6 Å². The monoisotopic (exact) mass is 427 g/mol. The summed E-state index contributed by atoms with van der Waals surface area (Å²) in [5.41, 5.74) is 0. The Bertz CT molecular complexity index is 369. The lowest BCUT2D eigenvalue weighted by molar-refractivity contribution is -0.304. The highest BCUT2D eigenvalue weighted by atomic mass is 35.5. The lowest BCUT2D eigenvalue weighted by atomic mass is 9.91. The summed E-state index contributed by atoms with van der Waals surface area (Å²) in [5, 5.41) is 79.6. The van der Waals surface area contributed by atoms with E-state index in [0.717, 1.165) is 0 Å². The molecule has 0 spiro atoms. The van der Waals surface area contributed by atoms with E-state index in [1.165, 1.54) is 0 Å². The molecule has 2 saturated heterocycles. The highest BCUT2D eigenvalue weighted by Gasteiger charge is 2.46. The van der Waals surface area contributed by atoms with E-state index in [9.17, 15) is 30.6 Å². The molecule has 2 rings (SSSR count). The molecule has 0 unspecified atom stereocenters. The molecule has 166 valence electrons. The molecule has 2 aliphatic heterocycles. The van der Waals surface area contributed by atoms with Gasteiger partial charge in [0, 0.05) is 0 Å². The van der Waals surface area contributed by atoms with Gasteiger partial charge in [0.25, 0.3) is 0 Å². The van der Waals surface area contributed by atoms with Crippen LogP contribution in [0.5, 0.6) is 0 Å². The van der Waals surface area contributed by atoms with Gasteiger partial charge in [0.1, 0.15) is 30.5 Å². The summed E-state index contributed by atoms with van der Waals surface area (Å²) in [6, 6.07) is -1.78. The molecule has 0 aromatic heterocycles. The molecule has 0 aromatic carbocycles. The first-order chi connectivity index (χ1) is 11.3. The summed E-state index contributed by atoms with van der Waals surface area (Å²) >= 11 is 0. The van der Waals surface area contributed by atoms with Gasteiger partial charge in [-0.3, -0.25) is 0 Å². The van der Waals surface area contributed by atoms with Crippen molar-refractivity contribution in [3.05, 3.63) is 0 Å². The van der Waals surface area contributed by atoms with Gasteiger partial charge in [0.05, 0.1) is 44.1 Å². The first kappa shape index (κ1) is 29.0. The minimum atomic E-state index is -1.59. The number of hydrogen-bond acceptors (Lipinski definition) is 11. The predicted octanol–water partition coefficient (Wildman–Crippen LogP) is -7.01. The maximum absolute atomic E-state index is 9.94. The third-order valence-electron chi connectivity index (χ3n) is 4.44. The van der Waals surface area contributed by atoms with Gasteiger partial charge in [0.2, 0.25) is 0 Å². The summed E-state index contributed by atoms with van der Waals surface area (Å²) in [7, 11) is 0. The fourth-order valence-electron chi connectivity index (χ4n) is 2.86. The van der Waals surface area contributed by atoms with Crippen LogP contribution in [0.25, 0.3) is 0 Å². The van der Waals surface area contributed by atoms with Crippen LogP contribution in [-0.2, 0) is 9.47 Å². The summed E-state index contributed by atoms with van der Waals surface area (Å²) in [4.78, 5) is 0. The van der Waals surface area contributed by atoms with Gasteiger partial charge in [0.15, 0.2) is 6.29 Å². The Morgan fingerprint density at radius 3 is 1.74 bits per heavy atom. The molecular weight excluding hydrogens is 398 g/mol. The molecule has 2 fully saturated rings. The zero-order valence-electron chi connectivity index (χ0n) is 14.2.